The summed E-state index contributed by atoms with van der Waals surface area (Å²) in [5, 5.41) is 4.96. The van der Waals surface area contributed by atoms with Gasteiger partial charge in [0.2, 0.25) is 0 Å². The van der Waals surface area contributed by atoms with Gasteiger partial charge in [-0.1, -0.05) is 78.9 Å². The molecule has 0 unspecified atom stereocenters. The quantitative estimate of drug-likeness (QED) is 0.196. The molecule has 2 aliphatic heterocycles. The lowest BCUT2D eigenvalue weighted by Crippen LogP contribution is -2.60. The molecule has 2 aliphatic rings. The molecule has 4 heteroatoms. The van der Waals surface area contributed by atoms with Gasteiger partial charge >= 0.3 is 6.85 Å². The number of aromatic nitrogens is 1. The highest BCUT2D eigenvalue weighted by molar-refractivity contribution is 6.93. The van der Waals surface area contributed by atoms with E-state index in [0.29, 0.717) is 0 Å². The van der Waals surface area contributed by atoms with Crippen molar-refractivity contribution in [2.45, 2.75) is 13.8 Å². The van der Waals surface area contributed by atoms with Gasteiger partial charge in [0.25, 0.3) is 0 Å². The second-order valence-corrected chi connectivity index (χ2v) is 11.8. The van der Waals surface area contributed by atoms with Crippen molar-refractivity contribution in [2.75, 3.05) is 4.81 Å². The van der Waals surface area contributed by atoms with E-state index in [4.69, 9.17) is 4.42 Å². The molecular formula is C38H25BN2O. The van der Waals surface area contributed by atoms with Crippen LogP contribution in [0.15, 0.2) is 120 Å². The van der Waals surface area contributed by atoms with Crippen molar-refractivity contribution in [1.29, 1.82) is 0 Å². The van der Waals surface area contributed by atoms with E-state index in [1.807, 2.05) is 0 Å². The van der Waals surface area contributed by atoms with Crippen LogP contribution in [0.4, 0.5) is 11.4 Å². The van der Waals surface area contributed by atoms with Crippen LogP contribution in [0.3, 0.4) is 0 Å². The third-order valence-electron chi connectivity index (χ3n) is 9.52. The number of nitrogens with zero attached hydrogens (tertiary/aromatic N) is 2. The van der Waals surface area contributed by atoms with Crippen LogP contribution in [0.1, 0.15) is 11.1 Å². The second-order valence-electron chi connectivity index (χ2n) is 11.8. The first-order valence-corrected chi connectivity index (χ1v) is 14.7. The molecule has 0 aliphatic carbocycles. The molecule has 0 fully saturated rings. The van der Waals surface area contributed by atoms with Gasteiger partial charge in [-0.2, -0.15) is 0 Å². The molecule has 0 saturated heterocycles. The van der Waals surface area contributed by atoms with Crippen LogP contribution in [-0.4, -0.2) is 11.4 Å². The lowest BCUT2D eigenvalue weighted by molar-refractivity contribution is 0.669. The van der Waals surface area contributed by atoms with Gasteiger partial charge in [0, 0.05) is 44.2 Å². The van der Waals surface area contributed by atoms with Gasteiger partial charge in [0.15, 0.2) is 0 Å². The lowest BCUT2D eigenvalue weighted by Gasteiger charge is -2.43. The number of furan rings is 1. The van der Waals surface area contributed by atoms with E-state index in [1.165, 1.54) is 77.4 Å². The third-order valence-corrected chi connectivity index (χ3v) is 9.52. The molecule has 4 heterocycles. The molecule has 8 aromatic rings. The number of para-hydroxylation sites is 4. The lowest BCUT2D eigenvalue weighted by atomic mass is 9.43. The fourth-order valence-electron chi connectivity index (χ4n) is 7.92. The Bertz CT molecular complexity index is 2460. The van der Waals surface area contributed by atoms with Crippen LogP contribution in [0, 0.1) is 13.8 Å². The highest BCUT2D eigenvalue weighted by Crippen LogP contribution is 2.49. The summed E-state index contributed by atoms with van der Waals surface area (Å²) in [4.78, 5) is 2.60. The molecule has 0 atom stereocenters. The molecular weight excluding hydrogens is 511 g/mol. The van der Waals surface area contributed by atoms with Crippen molar-refractivity contribution in [1.82, 2.24) is 4.57 Å². The summed E-state index contributed by atoms with van der Waals surface area (Å²) < 4.78 is 8.98. The van der Waals surface area contributed by atoms with E-state index >= 15 is 0 Å². The van der Waals surface area contributed by atoms with Crippen molar-refractivity contribution >= 4 is 72.9 Å². The average Bonchev–Trinajstić information content (AvgIpc) is 3.56. The van der Waals surface area contributed by atoms with Gasteiger partial charge in [0.1, 0.15) is 11.2 Å². The normalized spacial score (nSPS) is 13.4. The molecule has 0 N–H and O–H groups in total. The number of anilines is 2. The highest BCUT2D eigenvalue weighted by Gasteiger charge is 2.44. The Morgan fingerprint density at radius 1 is 0.619 bits per heavy atom. The second kappa shape index (κ2) is 7.74. The van der Waals surface area contributed by atoms with E-state index in [2.05, 4.69) is 138 Å². The zero-order valence-electron chi connectivity index (χ0n) is 23.3. The van der Waals surface area contributed by atoms with Crippen LogP contribution < -0.4 is 15.7 Å². The van der Waals surface area contributed by atoms with Crippen molar-refractivity contribution in [3.05, 3.63) is 126 Å². The SMILES string of the molecule is Cc1cc2c3c(c1)-n1c4ccccc4c4cccc(c41)B3N(c1ccccc1C)c1ccc3oc4ccccc4c3c1-2. The molecule has 0 spiro atoms. The predicted octanol–water partition coefficient (Wildman–Crippen LogP) is 8.54. The topological polar surface area (TPSA) is 21.3 Å². The molecule has 0 bridgehead atoms. The van der Waals surface area contributed by atoms with Crippen LogP contribution in [0.2, 0.25) is 0 Å². The smallest absolute Gasteiger partial charge is 0.333 e. The van der Waals surface area contributed by atoms with Crippen molar-refractivity contribution in [3.63, 3.8) is 0 Å². The van der Waals surface area contributed by atoms with Gasteiger partial charge < -0.3 is 13.8 Å². The molecule has 196 valence electrons. The predicted molar refractivity (Wildman–Crippen MR) is 177 cm³/mol. The summed E-state index contributed by atoms with van der Waals surface area (Å²) in [5.41, 5.74) is 15.9. The number of hydrogen-bond donors (Lipinski definition) is 0. The first kappa shape index (κ1) is 22.5. The molecule has 10 rings (SSSR count). The number of fused-ring (bicyclic) bond motifs is 11. The zero-order valence-corrected chi connectivity index (χ0v) is 23.3. The van der Waals surface area contributed by atoms with Crippen LogP contribution in [-0.2, 0) is 0 Å². The molecule has 6 aromatic carbocycles. The van der Waals surface area contributed by atoms with Gasteiger partial charge in [0.05, 0.1) is 11.0 Å². The minimum Gasteiger partial charge on any atom is -0.456 e. The van der Waals surface area contributed by atoms with Crippen LogP contribution >= 0.6 is 0 Å². The summed E-state index contributed by atoms with van der Waals surface area (Å²) in [6.07, 6.45) is 0. The van der Waals surface area contributed by atoms with Gasteiger partial charge in [-0.05, 0) is 77.9 Å². The highest BCUT2D eigenvalue weighted by atomic mass is 16.3. The van der Waals surface area contributed by atoms with Crippen LogP contribution in [0.25, 0.3) is 60.6 Å². The van der Waals surface area contributed by atoms with Crippen molar-refractivity contribution < 1.29 is 4.42 Å². The Balaban J connectivity index is 1.46. The Morgan fingerprint density at radius 2 is 1.40 bits per heavy atom. The maximum absolute atomic E-state index is 6.45. The summed E-state index contributed by atoms with van der Waals surface area (Å²) >= 11 is 0. The number of hydrogen-bond acceptors (Lipinski definition) is 2. The molecule has 2 aromatic heterocycles. The fourth-order valence-corrected chi connectivity index (χ4v) is 7.92. The van der Waals surface area contributed by atoms with E-state index in [9.17, 15) is 0 Å². The van der Waals surface area contributed by atoms with Gasteiger partial charge in [-0.3, -0.25) is 0 Å². The van der Waals surface area contributed by atoms with E-state index in [1.54, 1.807) is 0 Å². The van der Waals surface area contributed by atoms with E-state index in [0.717, 1.165) is 16.6 Å². The van der Waals surface area contributed by atoms with Crippen molar-refractivity contribution in [2.24, 2.45) is 0 Å². The Hall–Kier alpha value is -5.22. The Kier molecular flexibility index (Phi) is 4.14. The van der Waals surface area contributed by atoms with Crippen LogP contribution in [0.5, 0.6) is 0 Å². The Labute approximate surface area is 243 Å². The minimum absolute atomic E-state index is 0.0281. The van der Waals surface area contributed by atoms with E-state index < -0.39 is 0 Å². The maximum Gasteiger partial charge on any atom is 0.333 e. The number of aryl methyl sites for hydroxylation is 2. The molecule has 3 nitrogen and oxygen atoms in total. The first-order valence-electron chi connectivity index (χ1n) is 14.7. The summed E-state index contributed by atoms with van der Waals surface area (Å²) in [6, 6.07) is 42.2. The third kappa shape index (κ3) is 2.63. The Morgan fingerprint density at radius 3 is 2.31 bits per heavy atom. The monoisotopic (exact) mass is 536 g/mol. The zero-order chi connectivity index (χ0) is 27.7. The molecule has 42 heavy (non-hydrogen) atoms. The maximum atomic E-state index is 6.45. The molecule has 0 amide bonds. The molecule has 0 radical (unpaired) electrons. The minimum atomic E-state index is 0.0281. The van der Waals surface area contributed by atoms with Gasteiger partial charge in [-0.25, -0.2) is 0 Å². The first-order chi connectivity index (χ1) is 20.7. The number of benzene rings is 6. The number of rotatable bonds is 1. The average molecular weight is 536 g/mol. The van der Waals surface area contributed by atoms with Crippen molar-refractivity contribution in [3.8, 4) is 16.8 Å². The summed E-state index contributed by atoms with van der Waals surface area (Å²) in [6.45, 7) is 4.49. The standard InChI is InChI=1S/C38H25BN2O/c1-22-20-27-35-31(18-19-34-36(35)26-12-5-8-17-33(26)42-34)41(29-15-6-3-10-23(29)2)39-28-14-9-13-25-24-11-4-7-16-30(24)40(38(25)28)32(21-22)37(27)39/h3-21H,1-2H3. The largest absolute Gasteiger partial charge is 0.456 e. The summed E-state index contributed by atoms with van der Waals surface area (Å²) in [5.74, 6) is 0. The molecule has 0 saturated carbocycles. The van der Waals surface area contributed by atoms with Gasteiger partial charge in [-0.15, -0.1) is 0 Å². The van der Waals surface area contributed by atoms with E-state index in [-0.39, 0.29) is 6.85 Å². The fraction of sp³-hybridized carbons (Fsp3) is 0.0526. The summed E-state index contributed by atoms with van der Waals surface area (Å²) in [7, 11) is 0.